The zero-order valence-electron chi connectivity index (χ0n) is 47.0. The Labute approximate surface area is 436 Å². The Hall–Kier alpha value is -1.92. The van der Waals surface area contributed by atoms with Gasteiger partial charge in [-0.25, -0.2) is 0 Å². The molecule has 1 amide bonds. The third-order valence-electron chi connectivity index (χ3n) is 14.4. The molecule has 0 rings (SSSR count). The fourth-order valence-corrected chi connectivity index (χ4v) is 9.61. The van der Waals surface area contributed by atoms with Crippen molar-refractivity contribution in [1.82, 2.24) is 5.32 Å². The molecule has 0 aliphatic heterocycles. The van der Waals surface area contributed by atoms with Gasteiger partial charge in [-0.15, -0.1) is 0 Å². The van der Waals surface area contributed by atoms with E-state index in [-0.39, 0.29) is 18.5 Å². The molecule has 3 N–H and O–H groups in total. The van der Waals surface area contributed by atoms with Gasteiger partial charge in [0.2, 0.25) is 5.91 Å². The molecule has 0 radical (unpaired) electrons. The predicted molar refractivity (Wildman–Crippen MR) is 306 cm³/mol. The summed E-state index contributed by atoms with van der Waals surface area (Å²) < 4.78 is 5.47. The predicted octanol–water partition coefficient (Wildman–Crippen LogP) is 19.6. The molecule has 0 bridgehead atoms. The summed E-state index contributed by atoms with van der Waals surface area (Å²) in [6, 6.07) is -0.544. The Kier molecular flexibility index (Phi) is 58.0. The van der Waals surface area contributed by atoms with Crippen molar-refractivity contribution in [3.05, 3.63) is 36.5 Å². The molecule has 0 aliphatic rings. The van der Waals surface area contributed by atoms with Gasteiger partial charge in [-0.2, -0.15) is 0 Å². The third-order valence-corrected chi connectivity index (χ3v) is 14.4. The van der Waals surface area contributed by atoms with Crippen LogP contribution in [-0.2, 0) is 14.3 Å². The Morgan fingerprint density at radius 1 is 0.400 bits per heavy atom. The first-order valence-electron chi connectivity index (χ1n) is 31.2. The molecule has 0 saturated carbocycles. The number of aliphatic hydroxyl groups is 2. The van der Waals surface area contributed by atoms with Crippen LogP contribution in [0.4, 0.5) is 0 Å². The largest absolute Gasteiger partial charge is 0.466 e. The van der Waals surface area contributed by atoms with Crippen LogP contribution in [0.5, 0.6) is 0 Å². The second-order valence-electron chi connectivity index (χ2n) is 21.4. The number of hydrogen-bond acceptors (Lipinski definition) is 5. The van der Waals surface area contributed by atoms with Gasteiger partial charge in [0.05, 0.1) is 25.4 Å². The number of unbranched alkanes of at least 4 members (excludes halogenated alkanes) is 41. The standard InChI is InChI=1S/C64H121NO5/c1-3-5-7-9-11-13-15-17-29-33-36-40-44-48-52-56-62(67)61(60-66)65-63(68)57-53-49-45-41-37-34-30-27-25-23-21-19-18-20-22-24-26-28-31-35-39-43-47-51-55-59-70-64(69)58-54-50-46-42-38-32-16-14-12-10-8-6-4-2/h8,10,14,16,19,21,61-62,66-67H,3-7,9,11-13,15,17-18,20,22-60H2,1-2H3,(H,65,68)/b10-8-,16-14-,21-19-. The SMILES string of the molecule is CCC/C=C\C/C=C\CCCCCCCC(=O)OCCCCCCCCCCCCCC/C=C\CCCCCCCCCCCC(=O)NC(CO)C(O)CCCCCCCCCCCCCCCCC. The summed E-state index contributed by atoms with van der Waals surface area (Å²) >= 11 is 0. The van der Waals surface area contributed by atoms with Crippen molar-refractivity contribution >= 4 is 11.9 Å². The minimum absolute atomic E-state index is 0.00192. The molecule has 0 heterocycles. The number of rotatable bonds is 58. The zero-order valence-corrected chi connectivity index (χ0v) is 47.0. The second kappa shape index (κ2) is 59.6. The van der Waals surface area contributed by atoms with Crippen LogP contribution in [0.1, 0.15) is 335 Å². The zero-order chi connectivity index (χ0) is 50.7. The minimum Gasteiger partial charge on any atom is -0.466 e. The average Bonchev–Trinajstić information content (AvgIpc) is 3.36. The third kappa shape index (κ3) is 55.4. The molecule has 412 valence electrons. The molecule has 70 heavy (non-hydrogen) atoms. The highest BCUT2D eigenvalue weighted by Crippen LogP contribution is 2.17. The van der Waals surface area contributed by atoms with Crippen molar-refractivity contribution in [3.8, 4) is 0 Å². The first kappa shape index (κ1) is 68.1. The molecule has 0 saturated heterocycles. The van der Waals surface area contributed by atoms with Gasteiger partial charge in [-0.05, 0) is 77.0 Å². The molecule has 0 aliphatic carbocycles. The Bertz CT molecular complexity index is 1130. The lowest BCUT2D eigenvalue weighted by atomic mass is 10.0. The maximum atomic E-state index is 12.5. The molecule has 6 nitrogen and oxygen atoms in total. The van der Waals surface area contributed by atoms with Gasteiger partial charge in [0.15, 0.2) is 0 Å². The van der Waals surface area contributed by atoms with Gasteiger partial charge >= 0.3 is 5.97 Å². The Morgan fingerprint density at radius 2 is 0.743 bits per heavy atom. The molecular weight excluding hydrogens is 863 g/mol. The monoisotopic (exact) mass is 984 g/mol. The summed E-state index contributed by atoms with van der Waals surface area (Å²) in [5.41, 5.74) is 0. The maximum Gasteiger partial charge on any atom is 0.305 e. The summed E-state index contributed by atoms with van der Waals surface area (Å²) in [4.78, 5) is 24.5. The van der Waals surface area contributed by atoms with E-state index in [9.17, 15) is 19.8 Å². The van der Waals surface area contributed by atoms with Gasteiger partial charge in [0, 0.05) is 12.8 Å². The van der Waals surface area contributed by atoms with E-state index in [1.54, 1.807) is 0 Å². The molecule has 0 fully saturated rings. The van der Waals surface area contributed by atoms with Crippen LogP contribution in [0.15, 0.2) is 36.5 Å². The van der Waals surface area contributed by atoms with E-state index in [0.717, 1.165) is 51.4 Å². The molecule has 0 aromatic rings. The summed E-state index contributed by atoms with van der Waals surface area (Å²) in [5.74, 6) is -0.0386. The number of aliphatic hydroxyl groups excluding tert-OH is 2. The normalized spacial score (nSPS) is 12.8. The maximum absolute atomic E-state index is 12.5. The van der Waals surface area contributed by atoms with Crippen LogP contribution < -0.4 is 5.32 Å². The van der Waals surface area contributed by atoms with Crippen LogP contribution in [0, 0.1) is 0 Å². The fraction of sp³-hybridized carbons (Fsp3) is 0.875. The summed E-state index contributed by atoms with van der Waals surface area (Å²) in [6.45, 7) is 4.90. The van der Waals surface area contributed by atoms with Gasteiger partial charge in [-0.1, -0.05) is 281 Å². The average molecular weight is 985 g/mol. The van der Waals surface area contributed by atoms with Gasteiger partial charge in [0.25, 0.3) is 0 Å². The van der Waals surface area contributed by atoms with Crippen LogP contribution in [-0.4, -0.2) is 47.4 Å². The van der Waals surface area contributed by atoms with Crippen molar-refractivity contribution in [2.75, 3.05) is 13.2 Å². The molecule has 0 aromatic carbocycles. The molecule has 0 aromatic heterocycles. The number of amides is 1. The molecule has 2 unspecified atom stereocenters. The van der Waals surface area contributed by atoms with Crippen molar-refractivity contribution in [2.45, 2.75) is 347 Å². The number of hydrogen-bond donors (Lipinski definition) is 3. The van der Waals surface area contributed by atoms with E-state index in [2.05, 4.69) is 55.6 Å². The molecule has 6 heteroatoms. The molecule has 2 atom stereocenters. The van der Waals surface area contributed by atoms with Crippen LogP contribution in [0.25, 0.3) is 0 Å². The summed E-state index contributed by atoms with van der Waals surface area (Å²) in [7, 11) is 0. The smallest absolute Gasteiger partial charge is 0.305 e. The van der Waals surface area contributed by atoms with Gasteiger partial charge in [-0.3, -0.25) is 9.59 Å². The van der Waals surface area contributed by atoms with E-state index in [0.29, 0.717) is 25.9 Å². The lowest BCUT2D eigenvalue weighted by Crippen LogP contribution is -2.45. The van der Waals surface area contributed by atoms with E-state index in [4.69, 9.17) is 4.74 Å². The number of esters is 1. The van der Waals surface area contributed by atoms with Crippen LogP contribution in [0.3, 0.4) is 0 Å². The number of ether oxygens (including phenoxy) is 1. The lowest BCUT2D eigenvalue weighted by Gasteiger charge is -2.22. The van der Waals surface area contributed by atoms with Crippen molar-refractivity contribution in [2.24, 2.45) is 0 Å². The van der Waals surface area contributed by atoms with E-state index in [1.807, 2.05) is 0 Å². The van der Waals surface area contributed by atoms with Crippen LogP contribution >= 0.6 is 0 Å². The highest BCUT2D eigenvalue weighted by atomic mass is 16.5. The first-order valence-corrected chi connectivity index (χ1v) is 31.2. The van der Waals surface area contributed by atoms with Gasteiger partial charge in [0.1, 0.15) is 0 Å². The number of nitrogens with one attached hydrogen (secondary N) is 1. The van der Waals surface area contributed by atoms with E-state index < -0.39 is 12.1 Å². The quantitative estimate of drug-likeness (QED) is 0.0321. The Morgan fingerprint density at radius 3 is 1.16 bits per heavy atom. The number of carbonyl (C=O) groups is 2. The second-order valence-corrected chi connectivity index (χ2v) is 21.4. The molecular formula is C64H121NO5. The summed E-state index contributed by atoms with van der Waals surface area (Å²) in [5, 5.41) is 23.3. The topological polar surface area (TPSA) is 95.9 Å². The Balaban J connectivity index is 3.40. The van der Waals surface area contributed by atoms with Gasteiger partial charge < -0.3 is 20.3 Å². The first-order chi connectivity index (χ1) is 34.5. The highest BCUT2D eigenvalue weighted by Gasteiger charge is 2.20. The highest BCUT2D eigenvalue weighted by molar-refractivity contribution is 5.76. The minimum atomic E-state index is -0.666. The van der Waals surface area contributed by atoms with Crippen molar-refractivity contribution < 1.29 is 24.5 Å². The van der Waals surface area contributed by atoms with Crippen molar-refractivity contribution in [1.29, 1.82) is 0 Å². The van der Waals surface area contributed by atoms with Crippen LogP contribution in [0.2, 0.25) is 0 Å². The van der Waals surface area contributed by atoms with Crippen molar-refractivity contribution in [3.63, 3.8) is 0 Å². The lowest BCUT2D eigenvalue weighted by molar-refractivity contribution is -0.143. The fourth-order valence-electron chi connectivity index (χ4n) is 9.61. The molecule has 0 spiro atoms. The van der Waals surface area contributed by atoms with E-state index in [1.165, 1.54) is 250 Å². The summed E-state index contributed by atoms with van der Waals surface area (Å²) in [6.07, 6.45) is 74.4. The van der Waals surface area contributed by atoms with E-state index >= 15 is 0 Å². The number of carbonyl (C=O) groups excluding carboxylic acids is 2. The number of allylic oxidation sites excluding steroid dienone is 6.